The zero-order chi connectivity index (χ0) is 24.8. The largest absolute Gasteiger partial charge is 0.446 e. The van der Waals surface area contributed by atoms with Gasteiger partial charge in [0.15, 0.2) is 5.82 Å². The molecule has 9 nitrogen and oxygen atoms in total. The summed E-state index contributed by atoms with van der Waals surface area (Å²) in [4.78, 5) is 26.4. The number of aromatic nitrogens is 2. The van der Waals surface area contributed by atoms with Crippen molar-refractivity contribution in [3.8, 4) is 6.07 Å². The lowest BCUT2D eigenvalue weighted by atomic mass is 9.88. The van der Waals surface area contributed by atoms with Crippen LogP contribution in [-0.2, 0) is 4.74 Å². The second-order valence-electron chi connectivity index (χ2n) is 9.27. The maximum absolute atomic E-state index is 13.2. The van der Waals surface area contributed by atoms with Crippen molar-refractivity contribution in [2.24, 2.45) is 11.7 Å². The minimum absolute atomic E-state index is 0.0173. The highest BCUT2D eigenvalue weighted by atomic mass is 19.1. The van der Waals surface area contributed by atoms with Crippen LogP contribution in [-0.4, -0.2) is 45.9 Å². The van der Waals surface area contributed by atoms with E-state index >= 15 is 0 Å². The molecule has 1 aliphatic heterocycles. The maximum atomic E-state index is 13.2. The van der Waals surface area contributed by atoms with Crippen molar-refractivity contribution >= 4 is 23.5 Å². The number of likely N-dealkylation sites (tertiary alicyclic amines) is 1. The van der Waals surface area contributed by atoms with Gasteiger partial charge in [-0.3, -0.25) is 9.48 Å². The molecule has 186 valence electrons. The molecule has 3 N–H and O–H groups in total. The Kier molecular flexibility index (Phi) is 7.85. The van der Waals surface area contributed by atoms with Crippen molar-refractivity contribution < 1.29 is 18.7 Å². The minimum atomic E-state index is -0.656. The summed E-state index contributed by atoms with van der Waals surface area (Å²) in [5, 5.41) is 17.0. The van der Waals surface area contributed by atoms with Crippen LogP contribution < -0.4 is 11.1 Å². The number of nitrogens with zero attached hydrogens (tertiary/aromatic N) is 4. The van der Waals surface area contributed by atoms with Gasteiger partial charge in [0.1, 0.15) is 17.5 Å². The van der Waals surface area contributed by atoms with Crippen molar-refractivity contribution in [1.82, 2.24) is 14.7 Å². The summed E-state index contributed by atoms with van der Waals surface area (Å²) in [7, 11) is 0. The van der Waals surface area contributed by atoms with E-state index in [0.29, 0.717) is 31.6 Å². The van der Waals surface area contributed by atoms with Crippen LogP contribution >= 0.6 is 0 Å². The number of hydrogen-bond acceptors (Lipinski definition) is 6. The van der Waals surface area contributed by atoms with Gasteiger partial charge in [-0.15, -0.1) is 0 Å². The van der Waals surface area contributed by atoms with Crippen LogP contribution in [0, 0.1) is 23.1 Å². The van der Waals surface area contributed by atoms with Gasteiger partial charge in [0.2, 0.25) is 0 Å². The summed E-state index contributed by atoms with van der Waals surface area (Å²) >= 11 is 0. The number of benzene rings is 1. The molecule has 2 fully saturated rings. The lowest BCUT2D eigenvalue weighted by Gasteiger charge is -2.36. The van der Waals surface area contributed by atoms with Gasteiger partial charge in [-0.1, -0.05) is 6.42 Å². The Morgan fingerprint density at radius 2 is 1.86 bits per heavy atom. The number of nitrogens with two attached hydrogens (primary N) is 1. The normalized spacial score (nSPS) is 18.0. The fraction of sp³-hybridized carbons (Fsp3) is 0.520. The molecule has 1 saturated heterocycles. The summed E-state index contributed by atoms with van der Waals surface area (Å²) in [6.45, 7) is 1.09. The Morgan fingerprint density at radius 3 is 2.49 bits per heavy atom. The Hall–Kier alpha value is -3.61. The van der Waals surface area contributed by atoms with Crippen molar-refractivity contribution in [2.45, 2.75) is 63.5 Å². The molecule has 1 saturated carbocycles. The average Bonchev–Trinajstić information content (AvgIpc) is 3.28. The standard InChI is InChI=1S/C25H31FN6O3/c26-18-6-8-19(9-7-18)29-24-21(23(28)33)16-32(30-24)22(10-13-27)17-11-14-31(15-12-17)25(34)35-20-4-2-1-3-5-20/h6-9,16-17,20,22H,1-5,10-12,14-15H2,(H2,28,33)(H,29,30)/t22-/m0/s1. The highest BCUT2D eigenvalue weighted by Crippen LogP contribution is 2.33. The van der Waals surface area contributed by atoms with Crippen molar-refractivity contribution in [3.63, 3.8) is 0 Å². The van der Waals surface area contributed by atoms with Crippen LogP contribution in [0.5, 0.6) is 0 Å². The molecule has 1 atom stereocenters. The zero-order valence-electron chi connectivity index (χ0n) is 19.7. The Morgan fingerprint density at radius 1 is 1.17 bits per heavy atom. The number of nitrogens with one attached hydrogen (secondary N) is 1. The highest BCUT2D eigenvalue weighted by molar-refractivity contribution is 5.98. The molecule has 0 bridgehead atoms. The molecule has 35 heavy (non-hydrogen) atoms. The van der Waals surface area contributed by atoms with Gasteiger partial charge >= 0.3 is 6.09 Å². The molecule has 2 aromatic rings. The van der Waals surface area contributed by atoms with E-state index < -0.39 is 5.91 Å². The molecule has 2 aliphatic rings. The summed E-state index contributed by atoms with van der Waals surface area (Å²) in [5.74, 6) is -0.690. The van der Waals surface area contributed by atoms with Crippen molar-refractivity contribution in [3.05, 3.63) is 41.8 Å². The van der Waals surface area contributed by atoms with E-state index in [1.807, 2.05) is 0 Å². The van der Waals surface area contributed by atoms with E-state index in [2.05, 4.69) is 16.5 Å². The Labute approximate surface area is 204 Å². The summed E-state index contributed by atoms with van der Waals surface area (Å²) in [5.41, 5.74) is 6.31. The van der Waals surface area contributed by atoms with Crippen LogP contribution in [0.3, 0.4) is 0 Å². The number of ether oxygens (including phenoxy) is 1. The molecule has 1 aromatic heterocycles. The predicted molar refractivity (Wildman–Crippen MR) is 127 cm³/mol. The molecular formula is C25H31FN6O3. The molecule has 0 spiro atoms. The third-order valence-electron chi connectivity index (χ3n) is 6.91. The van der Waals surface area contributed by atoms with Gasteiger partial charge < -0.3 is 20.7 Å². The molecule has 0 radical (unpaired) electrons. The number of halogens is 1. The van der Waals surface area contributed by atoms with Crippen LogP contribution in [0.2, 0.25) is 0 Å². The van der Waals surface area contributed by atoms with Crippen LogP contribution in [0.4, 0.5) is 20.7 Å². The highest BCUT2D eigenvalue weighted by Gasteiger charge is 2.32. The van der Waals surface area contributed by atoms with Crippen LogP contribution in [0.25, 0.3) is 0 Å². The average molecular weight is 483 g/mol. The summed E-state index contributed by atoms with van der Waals surface area (Å²) in [6.07, 6.45) is 8.17. The quantitative estimate of drug-likeness (QED) is 0.598. The molecule has 1 aliphatic carbocycles. The van der Waals surface area contributed by atoms with Crippen LogP contribution in [0.15, 0.2) is 30.5 Å². The Bertz CT molecular complexity index is 1070. The number of amides is 2. The first-order chi connectivity index (χ1) is 16.9. The third kappa shape index (κ3) is 6.10. The number of carbonyl (C=O) groups is 2. The monoisotopic (exact) mass is 482 g/mol. The van der Waals surface area contributed by atoms with Gasteiger partial charge in [-0.05, 0) is 68.7 Å². The van der Waals surface area contributed by atoms with E-state index in [1.54, 1.807) is 15.8 Å². The fourth-order valence-corrected chi connectivity index (χ4v) is 4.94. The number of hydrogen-bond donors (Lipinski definition) is 2. The van der Waals surface area contributed by atoms with Gasteiger partial charge in [0, 0.05) is 25.0 Å². The molecular weight excluding hydrogens is 451 g/mol. The predicted octanol–water partition coefficient (Wildman–Crippen LogP) is 4.50. The number of nitriles is 1. The van der Waals surface area contributed by atoms with Crippen LogP contribution in [0.1, 0.15) is 67.8 Å². The fourth-order valence-electron chi connectivity index (χ4n) is 4.94. The lowest BCUT2D eigenvalue weighted by molar-refractivity contribution is 0.0348. The maximum Gasteiger partial charge on any atom is 0.410 e. The first-order valence-electron chi connectivity index (χ1n) is 12.2. The van der Waals surface area contributed by atoms with Gasteiger partial charge in [0.25, 0.3) is 5.91 Å². The third-order valence-corrected chi connectivity index (χ3v) is 6.91. The minimum Gasteiger partial charge on any atom is -0.446 e. The van der Waals surface area contributed by atoms with Gasteiger partial charge in [0.05, 0.1) is 18.5 Å². The Balaban J connectivity index is 1.43. The van der Waals surface area contributed by atoms with E-state index in [9.17, 15) is 19.2 Å². The van der Waals surface area contributed by atoms with Gasteiger partial charge in [-0.25, -0.2) is 9.18 Å². The number of carbonyl (C=O) groups excluding carboxylic acids is 2. The first kappa shape index (κ1) is 24.5. The second-order valence-corrected chi connectivity index (χ2v) is 9.27. The number of primary amides is 1. The molecule has 0 unspecified atom stereocenters. The summed E-state index contributed by atoms with van der Waals surface area (Å²) in [6, 6.07) is 7.61. The lowest BCUT2D eigenvalue weighted by Crippen LogP contribution is -2.42. The smallest absolute Gasteiger partial charge is 0.410 e. The van der Waals surface area contributed by atoms with E-state index in [4.69, 9.17) is 10.5 Å². The van der Waals surface area contributed by atoms with E-state index in [1.165, 1.54) is 30.7 Å². The topological polar surface area (TPSA) is 126 Å². The van der Waals surface area contributed by atoms with E-state index in [-0.39, 0.29) is 47.8 Å². The molecule has 1 aromatic carbocycles. The number of rotatable bonds is 7. The number of anilines is 2. The SMILES string of the molecule is N#CC[C@@H](C1CCN(C(=O)OC2CCCCC2)CC1)n1cc(C(N)=O)c(Nc2ccc(F)cc2)n1. The van der Waals surface area contributed by atoms with Crippen molar-refractivity contribution in [2.75, 3.05) is 18.4 Å². The van der Waals surface area contributed by atoms with E-state index in [0.717, 1.165) is 25.7 Å². The van der Waals surface area contributed by atoms with Crippen molar-refractivity contribution in [1.29, 1.82) is 5.26 Å². The zero-order valence-corrected chi connectivity index (χ0v) is 19.7. The summed E-state index contributed by atoms with van der Waals surface area (Å²) < 4.78 is 20.6. The first-order valence-corrected chi connectivity index (χ1v) is 12.2. The molecule has 4 rings (SSSR count). The second kappa shape index (κ2) is 11.2. The van der Waals surface area contributed by atoms with Gasteiger partial charge in [-0.2, -0.15) is 10.4 Å². The molecule has 10 heteroatoms. The molecule has 2 amide bonds. The molecule has 2 heterocycles. The number of piperidine rings is 1.